The quantitative estimate of drug-likeness (QED) is 0.521. The molecule has 0 amide bonds. The van der Waals surface area contributed by atoms with Gasteiger partial charge < -0.3 is 14.7 Å². The van der Waals surface area contributed by atoms with Gasteiger partial charge in [-0.05, 0) is 27.7 Å². The van der Waals surface area contributed by atoms with Gasteiger partial charge in [-0.3, -0.25) is 0 Å². The van der Waals surface area contributed by atoms with E-state index in [9.17, 15) is 0 Å². The van der Waals surface area contributed by atoms with Gasteiger partial charge >= 0.3 is 7.12 Å². The third-order valence-electron chi connectivity index (χ3n) is 2.73. The molecule has 1 saturated heterocycles. The lowest BCUT2D eigenvalue weighted by molar-refractivity contribution is 0.00578. The van der Waals surface area contributed by atoms with Crippen molar-refractivity contribution in [3.05, 3.63) is 12.7 Å². The molecule has 1 N–H and O–H groups in total. The van der Waals surface area contributed by atoms with Gasteiger partial charge in [0.05, 0.1) is 16.8 Å². The van der Waals surface area contributed by atoms with Crippen LogP contribution in [0, 0.1) is 5.41 Å². The van der Waals surface area contributed by atoms with Crippen LogP contribution in [0.3, 0.4) is 0 Å². The Morgan fingerprint density at radius 2 is 1.62 bits per heavy atom. The van der Waals surface area contributed by atoms with Crippen molar-refractivity contribution < 1.29 is 9.31 Å². The first kappa shape index (κ1) is 10.5. The minimum absolute atomic E-state index is 0.277. The van der Waals surface area contributed by atoms with Crippen molar-refractivity contribution in [3.8, 4) is 0 Å². The van der Waals surface area contributed by atoms with Gasteiger partial charge in [0.25, 0.3) is 0 Å². The normalized spacial score (nSPS) is 24.5. The van der Waals surface area contributed by atoms with Crippen molar-refractivity contribution in [3.63, 3.8) is 0 Å². The van der Waals surface area contributed by atoms with Crippen molar-refractivity contribution in [2.45, 2.75) is 38.9 Å². The minimum atomic E-state index is -0.567. The average Bonchev–Trinajstić information content (AvgIpc) is 2.20. The highest BCUT2D eigenvalue weighted by Crippen LogP contribution is 2.36. The summed E-state index contributed by atoms with van der Waals surface area (Å²) in [5.41, 5.74) is -0.460. The first-order valence-corrected chi connectivity index (χ1v) is 4.37. The fourth-order valence-corrected chi connectivity index (χ4v) is 1.07. The number of hydrogen-bond donors (Lipinski definition) is 1. The first-order valence-electron chi connectivity index (χ1n) is 4.37. The third-order valence-corrected chi connectivity index (χ3v) is 2.73. The monoisotopic (exact) mass is 181 g/mol. The average molecular weight is 181 g/mol. The van der Waals surface area contributed by atoms with E-state index < -0.39 is 7.12 Å². The fourth-order valence-electron chi connectivity index (χ4n) is 1.07. The Morgan fingerprint density at radius 3 is 1.92 bits per heavy atom. The number of allylic oxidation sites excluding steroid dienone is 1. The van der Waals surface area contributed by atoms with Gasteiger partial charge in [0.2, 0.25) is 0 Å². The summed E-state index contributed by atoms with van der Waals surface area (Å²) in [7, 11) is -0.567. The Balaban J connectivity index is 2.82. The molecule has 4 heteroatoms. The molecule has 1 aliphatic rings. The summed E-state index contributed by atoms with van der Waals surface area (Å²) in [6, 6.07) is 0. The Labute approximate surface area is 79.8 Å². The molecular formula is C9H16BNO2. The summed E-state index contributed by atoms with van der Waals surface area (Å²) in [6.45, 7) is 11.4. The summed E-state index contributed by atoms with van der Waals surface area (Å²) in [5.74, 6) is 0. The van der Waals surface area contributed by atoms with Crippen molar-refractivity contribution >= 4 is 12.7 Å². The molecule has 0 aromatic rings. The van der Waals surface area contributed by atoms with E-state index in [1.165, 1.54) is 6.08 Å². The number of hydrogen-bond acceptors (Lipinski definition) is 3. The summed E-state index contributed by atoms with van der Waals surface area (Å²) >= 11 is 0. The zero-order chi connectivity index (χ0) is 10.3. The van der Waals surface area contributed by atoms with Gasteiger partial charge in [-0.15, -0.1) is 0 Å². The van der Waals surface area contributed by atoms with E-state index in [1.54, 1.807) is 0 Å². The summed E-state index contributed by atoms with van der Waals surface area (Å²) in [4.78, 5) is 0. The molecule has 72 valence electrons. The van der Waals surface area contributed by atoms with E-state index in [-0.39, 0.29) is 16.8 Å². The zero-order valence-electron chi connectivity index (χ0n) is 8.68. The van der Waals surface area contributed by atoms with Crippen LogP contribution in [0.5, 0.6) is 0 Å². The number of rotatable bonds is 2. The molecule has 0 aromatic heterocycles. The Morgan fingerprint density at radius 1 is 1.23 bits per heavy atom. The highest BCUT2D eigenvalue weighted by atomic mass is 16.7. The molecule has 13 heavy (non-hydrogen) atoms. The van der Waals surface area contributed by atoms with Crippen LogP contribution in [0.2, 0.25) is 0 Å². The molecule has 0 atom stereocenters. The van der Waals surface area contributed by atoms with Crippen molar-refractivity contribution in [1.29, 1.82) is 5.41 Å². The minimum Gasteiger partial charge on any atom is -0.398 e. The van der Waals surface area contributed by atoms with Crippen LogP contribution in [0.1, 0.15) is 27.7 Å². The molecule has 0 aliphatic carbocycles. The summed E-state index contributed by atoms with van der Waals surface area (Å²) in [5, 5.41) is 7.52. The van der Waals surface area contributed by atoms with Crippen molar-refractivity contribution in [2.75, 3.05) is 0 Å². The lowest BCUT2D eigenvalue weighted by atomic mass is 9.82. The van der Waals surface area contributed by atoms with E-state index in [0.717, 1.165) is 0 Å². The molecule has 0 aromatic carbocycles. The smallest absolute Gasteiger partial charge is 0.398 e. The predicted octanol–water partition coefficient (Wildman–Crippen LogP) is 1.82. The van der Waals surface area contributed by atoms with Crippen LogP contribution in [-0.2, 0) is 9.31 Å². The second kappa shape index (κ2) is 2.96. The standard InChI is InChI=1S/C9H16BNO2/c1-6-7(11)10-12-8(2,3)9(4,5)13-10/h6,11H,1H2,2-5H3. The third kappa shape index (κ3) is 1.69. The lowest BCUT2D eigenvalue weighted by Crippen LogP contribution is -2.41. The summed E-state index contributed by atoms with van der Waals surface area (Å²) < 4.78 is 11.2. The predicted molar refractivity (Wildman–Crippen MR) is 54.0 cm³/mol. The van der Waals surface area contributed by atoms with Crippen LogP contribution in [0.25, 0.3) is 0 Å². The van der Waals surface area contributed by atoms with E-state index >= 15 is 0 Å². The fraction of sp³-hybridized carbons (Fsp3) is 0.667. The van der Waals surface area contributed by atoms with E-state index in [2.05, 4.69) is 6.58 Å². The first-order chi connectivity index (χ1) is 5.80. The lowest BCUT2D eigenvalue weighted by Gasteiger charge is -2.32. The van der Waals surface area contributed by atoms with E-state index in [4.69, 9.17) is 14.7 Å². The topological polar surface area (TPSA) is 42.3 Å². The highest BCUT2D eigenvalue weighted by Gasteiger charge is 2.52. The second-order valence-corrected chi connectivity index (χ2v) is 4.25. The van der Waals surface area contributed by atoms with Crippen molar-refractivity contribution in [2.24, 2.45) is 0 Å². The molecule has 0 bridgehead atoms. The van der Waals surface area contributed by atoms with Crippen LogP contribution >= 0.6 is 0 Å². The number of nitrogens with one attached hydrogen (secondary N) is 1. The van der Waals surface area contributed by atoms with E-state index in [0.29, 0.717) is 0 Å². The molecule has 1 rings (SSSR count). The Kier molecular flexibility index (Phi) is 2.39. The van der Waals surface area contributed by atoms with Crippen LogP contribution in [0.15, 0.2) is 12.7 Å². The van der Waals surface area contributed by atoms with Gasteiger partial charge in [-0.1, -0.05) is 12.7 Å². The molecule has 1 aliphatic heterocycles. The van der Waals surface area contributed by atoms with Crippen LogP contribution in [-0.4, -0.2) is 23.9 Å². The zero-order valence-corrected chi connectivity index (χ0v) is 8.68. The van der Waals surface area contributed by atoms with Gasteiger partial charge in [0.1, 0.15) is 0 Å². The molecular weight excluding hydrogens is 165 g/mol. The van der Waals surface area contributed by atoms with Crippen LogP contribution < -0.4 is 0 Å². The molecule has 1 heterocycles. The van der Waals surface area contributed by atoms with Gasteiger partial charge in [-0.2, -0.15) is 0 Å². The maximum atomic E-state index is 7.52. The van der Waals surface area contributed by atoms with Gasteiger partial charge in [0.15, 0.2) is 0 Å². The Hall–Kier alpha value is -0.605. The summed E-state index contributed by atoms with van der Waals surface area (Å²) in [6.07, 6.45) is 1.45. The van der Waals surface area contributed by atoms with Crippen molar-refractivity contribution in [1.82, 2.24) is 0 Å². The van der Waals surface area contributed by atoms with E-state index in [1.807, 2.05) is 27.7 Å². The van der Waals surface area contributed by atoms with Gasteiger partial charge in [-0.25, -0.2) is 0 Å². The molecule has 0 saturated carbocycles. The Bertz CT molecular complexity index is 232. The molecule has 0 unspecified atom stereocenters. The molecule has 1 fully saturated rings. The molecule has 0 radical (unpaired) electrons. The SMILES string of the molecule is C=CC(=N)B1OC(C)(C)C(C)(C)O1. The van der Waals surface area contributed by atoms with Crippen LogP contribution in [0.4, 0.5) is 0 Å². The molecule has 0 spiro atoms. The second-order valence-electron chi connectivity index (χ2n) is 4.25. The maximum absolute atomic E-state index is 7.52. The van der Waals surface area contributed by atoms with Gasteiger partial charge in [0, 0.05) is 0 Å². The maximum Gasteiger partial charge on any atom is 0.513 e. The highest BCUT2D eigenvalue weighted by molar-refractivity contribution is 6.84. The largest absolute Gasteiger partial charge is 0.513 e. The molecule has 3 nitrogen and oxygen atoms in total.